The lowest BCUT2D eigenvalue weighted by atomic mass is 10.0. The van der Waals surface area contributed by atoms with Crippen molar-refractivity contribution >= 4 is 29.3 Å². The van der Waals surface area contributed by atoms with E-state index in [1.807, 2.05) is 19.1 Å². The minimum Gasteiger partial charge on any atom is -0.493 e. The van der Waals surface area contributed by atoms with Gasteiger partial charge in [-0.05, 0) is 48.7 Å². The summed E-state index contributed by atoms with van der Waals surface area (Å²) in [4.78, 5) is 50.9. The number of fused-ring (bicyclic) bond motifs is 2. The van der Waals surface area contributed by atoms with E-state index in [2.05, 4.69) is 16.7 Å². The fourth-order valence-corrected chi connectivity index (χ4v) is 4.43. The maximum atomic E-state index is 13.2. The molecule has 1 saturated heterocycles. The van der Waals surface area contributed by atoms with E-state index >= 15 is 0 Å². The van der Waals surface area contributed by atoms with Gasteiger partial charge < -0.3 is 10.1 Å². The highest BCUT2D eigenvalue weighted by atomic mass is 16.5. The molecular formula is C23H21N3O5. The molecule has 31 heavy (non-hydrogen) atoms. The van der Waals surface area contributed by atoms with Crippen molar-refractivity contribution in [1.29, 1.82) is 0 Å². The maximum absolute atomic E-state index is 13.2. The molecule has 2 N–H and O–H groups in total. The van der Waals surface area contributed by atoms with Crippen LogP contribution < -0.4 is 15.4 Å². The number of piperidine rings is 1. The smallest absolute Gasteiger partial charge is 0.264 e. The van der Waals surface area contributed by atoms with Gasteiger partial charge in [0.2, 0.25) is 11.8 Å². The monoisotopic (exact) mass is 419 g/mol. The highest BCUT2D eigenvalue weighted by molar-refractivity contribution is 6.25. The first kappa shape index (κ1) is 19.3. The molecule has 0 radical (unpaired) electrons. The van der Waals surface area contributed by atoms with Gasteiger partial charge in [-0.25, -0.2) is 0 Å². The van der Waals surface area contributed by atoms with Gasteiger partial charge in [0.25, 0.3) is 11.8 Å². The lowest BCUT2D eigenvalue weighted by Gasteiger charge is -2.28. The van der Waals surface area contributed by atoms with E-state index in [9.17, 15) is 19.2 Å². The molecule has 0 bridgehead atoms. The van der Waals surface area contributed by atoms with Crippen LogP contribution in [0.3, 0.4) is 0 Å². The number of ether oxygens (including phenoxy) is 1. The molecule has 3 heterocycles. The molecule has 3 aliphatic heterocycles. The standard InChI is InChI=1S/C23H21N3O5/c1-12(13-5-7-18-14(11-13)9-10-31-18)24-16-4-2-3-15-20(16)23(30)26(22(15)29)17-6-8-19(27)25-21(17)28/h2-5,7,11-12,17,24H,6,8-10H2,1H3,(H,25,27,28)/t12-,17?/m1/s1. The second kappa shape index (κ2) is 7.23. The fraction of sp³-hybridized carbons (Fsp3) is 0.304. The molecule has 3 aliphatic rings. The number of benzene rings is 2. The predicted molar refractivity (Wildman–Crippen MR) is 111 cm³/mol. The minimum absolute atomic E-state index is 0.0913. The van der Waals surface area contributed by atoms with Crippen molar-refractivity contribution in [3.8, 4) is 5.75 Å². The lowest BCUT2D eigenvalue weighted by Crippen LogP contribution is -2.54. The topological polar surface area (TPSA) is 105 Å². The first-order valence-electron chi connectivity index (χ1n) is 10.3. The second-order valence-corrected chi connectivity index (χ2v) is 8.01. The Labute approximate surface area is 178 Å². The van der Waals surface area contributed by atoms with Crippen molar-refractivity contribution in [2.24, 2.45) is 0 Å². The molecule has 0 aliphatic carbocycles. The molecule has 1 fully saturated rings. The third-order valence-corrected chi connectivity index (χ3v) is 6.05. The highest BCUT2D eigenvalue weighted by Gasteiger charge is 2.45. The largest absolute Gasteiger partial charge is 0.493 e. The van der Waals surface area contributed by atoms with Gasteiger partial charge in [-0.2, -0.15) is 0 Å². The van der Waals surface area contributed by atoms with Crippen molar-refractivity contribution in [3.05, 3.63) is 58.7 Å². The Hall–Kier alpha value is -3.68. The molecule has 8 nitrogen and oxygen atoms in total. The van der Waals surface area contributed by atoms with Crippen molar-refractivity contribution in [2.45, 2.75) is 38.3 Å². The number of carbonyl (C=O) groups excluding carboxylic acids is 4. The van der Waals surface area contributed by atoms with Gasteiger partial charge in [0.1, 0.15) is 11.8 Å². The van der Waals surface area contributed by atoms with Crippen LogP contribution in [0.1, 0.15) is 57.7 Å². The van der Waals surface area contributed by atoms with Crippen molar-refractivity contribution in [1.82, 2.24) is 10.2 Å². The summed E-state index contributed by atoms with van der Waals surface area (Å²) in [5, 5.41) is 5.56. The van der Waals surface area contributed by atoms with Crippen molar-refractivity contribution < 1.29 is 23.9 Å². The Kier molecular flexibility index (Phi) is 4.50. The number of carbonyl (C=O) groups is 4. The molecule has 2 aromatic rings. The van der Waals surface area contributed by atoms with E-state index < -0.39 is 29.7 Å². The quantitative estimate of drug-likeness (QED) is 0.737. The highest BCUT2D eigenvalue weighted by Crippen LogP contribution is 2.35. The molecule has 8 heteroatoms. The molecule has 1 unspecified atom stereocenters. The first-order valence-corrected chi connectivity index (χ1v) is 10.3. The van der Waals surface area contributed by atoms with Crippen LogP contribution in [0.5, 0.6) is 5.75 Å². The number of hydrogen-bond acceptors (Lipinski definition) is 6. The third-order valence-electron chi connectivity index (χ3n) is 6.05. The summed E-state index contributed by atoms with van der Waals surface area (Å²) in [6, 6.07) is 9.97. The summed E-state index contributed by atoms with van der Waals surface area (Å²) >= 11 is 0. The van der Waals surface area contributed by atoms with E-state index in [1.165, 1.54) is 0 Å². The number of imide groups is 2. The van der Waals surface area contributed by atoms with E-state index in [-0.39, 0.29) is 30.0 Å². The Morgan fingerprint density at radius 1 is 1.10 bits per heavy atom. The summed E-state index contributed by atoms with van der Waals surface area (Å²) in [7, 11) is 0. The molecule has 2 aromatic carbocycles. The second-order valence-electron chi connectivity index (χ2n) is 8.01. The Morgan fingerprint density at radius 2 is 1.94 bits per heavy atom. The van der Waals surface area contributed by atoms with Crippen LogP contribution in [-0.2, 0) is 16.0 Å². The normalized spacial score (nSPS) is 20.8. The SMILES string of the molecule is C[C@@H](Nc1cccc2c1C(=O)N(C1CCC(=O)NC1=O)C2=O)c1ccc2c(c1)CCO2. The zero-order valence-corrected chi connectivity index (χ0v) is 16.9. The third kappa shape index (κ3) is 3.15. The average Bonchev–Trinajstić information content (AvgIpc) is 3.31. The zero-order valence-electron chi connectivity index (χ0n) is 16.9. The lowest BCUT2D eigenvalue weighted by molar-refractivity contribution is -0.136. The zero-order chi connectivity index (χ0) is 21.7. The Morgan fingerprint density at radius 3 is 2.74 bits per heavy atom. The number of anilines is 1. The molecular weight excluding hydrogens is 398 g/mol. The van der Waals surface area contributed by atoms with E-state index in [0.717, 1.165) is 28.2 Å². The molecule has 0 saturated carbocycles. The molecule has 5 rings (SSSR count). The minimum atomic E-state index is -0.980. The van der Waals surface area contributed by atoms with Crippen LogP contribution in [0.4, 0.5) is 5.69 Å². The number of rotatable bonds is 4. The molecule has 0 aromatic heterocycles. The van der Waals surface area contributed by atoms with Gasteiger partial charge >= 0.3 is 0 Å². The fourth-order valence-electron chi connectivity index (χ4n) is 4.43. The number of nitrogens with zero attached hydrogens (tertiary/aromatic N) is 1. The van der Waals surface area contributed by atoms with Gasteiger partial charge in [0.05, 0.1) is 17.7 Å². The van der Waals surface area contributed by atoms with Gasteiger partial charge in [0.15, 0.2) is 0 Å². The van der Waals surface area contributed by atoms with Crippen LogP contribution in [-0.4, -0.2) is 41.2 Å². The van der Waals surface area contributed by atoms with E-state index in [0.29, 0.717) is 12.3 Å². The first-order chi connectivity index (χ1) is 14.9. The van der Waals surface area contributed by atoms with Gasteiger partial charge in [-0.1, -0.05) is 12.1 Å². The molecule has 0 spiro atoms. The summed E-state index contributed by atoms with van der Waals surface area (Å²) in [5.74, 6) is -1.15. The van der Waals surface area contributed by atoms with Gasteiger partial charge in [-0.15, -0.1) is 0 Å². The Bertz CT molecular complexity index is 1140. The van der Waals surface area contributed by atoms with Gasteiger partial charge in [-0.3, -0.25) is 29.4 Å². The van der Waals surface area contributed by atoms with Gasteiger partial charge in [0, 0.05) is 24.6 Å². The number of hydrogen-bond donors (Lipinski definition) is 2. The van der Waals surface area contributed by atoms with E-state index in [1.54, 1.807) is 18.2 Å². The molecule has 2 atom stereocenters. The van der Waals surface area contributed by atoms with Crippen molar-refractivity contribution in [2.75, 3.05) is 11.9 Å². The van der Waals surface area contributed by atoms with Crippen LogP contribution in [0.2, 0.25) is 0 Å². The summed E-state index contributed by atoms with van der Waals surface area (Å²) in [6.45, 7) is 2.66. The molecule has 4 amide bonds. The predicted octanol–water partition coefficient (Wildman–Crippen LogP) is 2.20. The number of nitrogens with one attached hydrogen (secondary N) is 2. The van der Waals surface area contributed by atoms with Crippen LogP contribution in [0, 0.1) is 0 Å². The molecule has 158 valence electrons. The summed E-state index contributed by atoms with van der Waals surface area (Å²) in [6.07, 6.45) is 1.09. The van der Waals surface area contributed by atoms with Crippen LogP contribution in [0.15, 0.2) is 36.4 Å². The summed E-state index contributed by atoms with van der Waals surface area (Å²) < 4.78 is 5.56. The van der Waals surface area contributed by atoms with E-state index in [4.69, 9.17) is 4.74 Å². The number of amides is 4. The maximum Gasteiger partial charge on any atom is 0.264 e. The average molecular weight is 419 g/mol. The van der Waals surface area contributed by atoms with Crippen LogP contribution in [0.25, 0.3) is 0 Å². The summed E-state index contributed by atoms with van der Waals surface area (Å²) in [5.41, 5.74) is 3.25. The van der Waals surface area contributed by atoms with Crippen molar-refractivity contribution in [3.63, 3.8) is 0 Å². The Balaban J connectivity index is 1.43. The van der Waals surface area contributed by atoms with Crippen LogP contribution >= 0.6 is 0 Å².